The predicted octanol–water partition coefficient (Wildman–Crippen LogP) is 4.65. The quantitative estimate of drug-likeness (QED) is 0.307. The fourth-order valence-electron chi connectivity index (χ4n) is 3.66. The molecule has 0 bridgehead atoms. The number of nitrogens with one attached hydrogen (secondary N) is 1. The number of hydrogen-bond acceptors (Lipinski definition) is 9. The zero-order valence-electron chi connectivity index (χ0n) is 23.2. The van der Waals surface area contributed by atoms with Gasteiger partial charge in [-0.15, -0.1) is 13.2 Å². The number of fused-ring (bicyclic) bond motifs is 1. The van der Waals surface area contributed by atoms with Crippen LogP contribution in [-0.2, 0) is 25.7 Å². The minimum Gasteiger partial charge on any atom is -0.444 e. The number of alkyl halides is 3. The van der Waals surface area contributed by atoms with Gasteiger partial charge in [-0.05, 0) is 44.9 Å². The summed E-state index contributed by atoms with van der Waals surface area (Å²) in [6, 6.07) is 5.35. The van der Waals surface area contributed by atoms with Gasteiger partial charge in [0.1, 0.15) is 17.3 Å². The van der Waals surface area contributed by atoms with Gasteiger partial charge >= 0.3 is 12.5 Å². The lowest BCUT2D eigenvalue weighted by atomic mass is 10.0. The minimum absolute atomic E-state index is 0.0218. The molecule has 0 aliphatic carbocycles. The first kappa shape index (κ1) is 31.5. The molecule has 2 heterocycles. The number of hydrogen-bond donors (Lipinski definition) is 2. The highest BCUT2D eigenvalue weighted by molar-refractivity contribution is 6.05. The van der Waals surface area contributed by atoms with E-state index in [9.17, 15) is 22.8 Å². The predicted molar refractivity (Wildman–Crippen MR) is 144 cm³/mol. The number of amidine groups is 1. The average molecular weight is 579 g/mol. The molecule has 0 fully saturated rings. The van der Waals surface area contributed by atoms with E-state index >= 15 is 0 Å². The summed E-state index contributed by atoms with van der Waals surface area (Å²) in [6.07, 6.45) is 0.0277. The van der Waals surface area contributed by atoms with Crippen LogP contribution in [0.3, 0.4) is 0 Å². The molecule has 11 nitrogen and oxygen atoms in total. The molecule has 0 saturated heterocycles. The van der Waals surface area contributed by atoms with E-state index < -0.39 is 37.2 Å². The van der Waals surface area contributed by atoms with Crippen LogP contribution in [0.2, 0.25) is 0 Å². The molecule has 1 aliphatic heterocycles. The van der Waals surface area contributed by atoms with E-state index in [0.29, 0.717) is 29.1 Å². The van der Waals surface area contributed by atoms with Crippen LogP contribution >= 0.6 is 0 Å². The van der Waals surface area contributed by atoms with Crippen molar-refractivity contribution >= 4 is 29.6 Å². The Morgan fingerprint density at radius 3 is 2.44 bits per heavy atom. The zero-order chi connectivity index (χ0) is 30.2. The molecule has 0 radical (unpaired) electrons. The van der Waals surface area contributed by atoms with Gasteiger partial charge in [-0.1, -0.05) is 19.1 Å². The summed E-state index contributed by atoms with van der Waals surface area (Å²) in [7, 11) is 0. The number of halogens is 3. The molecule has 41 heavy (non-hydrogen) atoms. The largest absolute Gasteiger partial charge is 0.522 e. The molecule has 1 aromatic heterocycles. The van der Waals surface area contributed by atoms with Gasteiger partial charge in [-0.2, -0.15) is 0 Å². The van der Waals surface area contributed by atoms with Crippen molar-refractivity contribution in [2.75, 3.05) is 19.8 Å². The molecular formula is C27H33F3N6O5. The number of amides is 2. The minimum atomic E-state index is -4.78. The normalized spacial score (nSPS) is 13.4. The number of alkyl carbamates (subject to hydrolysis) is 1. The highest BCUT2D eigenvalue weighted by atomic mass is 19.4. The molecule has 0 atom stereocenters. The summed E-state index contributed by atoms with van der Waals surface area (Å²) in [5, 5.41) is 3.61. The van der Waals surface area contributed by atoms with Crippen LogP contribution in [0, 0.1) is 0 Å². The number of carbonyl (C=O) groups is 2. The molecule has 0 spiro atoms. The van der Waals surface area contributed by atoms with Crippen molar-refractivity contribution in [2.24, 2.45) is 10.7 Å². The van der Waals surface area contributed by atoms with Crippen molar-refractivity contribution in [2.45, 2.75) is 59.0 Å². The van der Waals surface area contributed by atoms with Gasteiger partial charge in [0, 0.05) is 42.1 Å². The van der Waals surface area contributed by atoms with E-state index in [1.54, 1.807) is 64.4 Å². The topological polar surface area (TPSA) is 141 Å². The molecule has 3 rings (SSSR count). The second kappa shape index (κ2) is 13.5. The zero-order valence-corrected chi connectivity index (χ0v) is 23.2. The standard InChI is InChI=1S/C27H33F3N6O5/c1-5-8-36(40-10-9-39-27(28,29)30)24(37)19-11-18-7-6-17(12-21(18)35-22(31)13-19)20-14-32-23(33-15-20)16-34-25(38)41-26(2,3)4/h6-7,11-12,14-15H,5,8-10,13,16H2,1-4H3,(H2,31,35)(H,34,38). The Bertz CT molecular complexity index is 1290. The fraction of sp³-hybridized carbons (Fsp3) is 0.444. The second-order valence-electron chi connectivity index (χ2n) is 10.0. The van der Waals surface area contributed by atoms with E-state index in [-0.39, 0.29) is 30.9 Å². The van der Waals surface area contributed by atoms with Crippen molar-refractivity contribution in [3.8, 4) is 11.1 Å². The van der Waals surface area contributed by atoms with Crippen molar-refractivity contribution in [1.29, 1.82) is 0 Å². The molecule has 222 valence electrons. The van der Waals surface area contributed by atoms with Crippen LogP contribution in [0.1, 0.15) is 51.9 Å². The van der Waals surface area contributed by atoms with Crippen LogP contribution in [-0.4, -0.2) is 64.6 Å². The molecule has 0 saturated carbocycles. The lowest BCUT2D eigenvalue weighted by molar-refractivity contribution is -0.330. The van der Waals surface area contributed by atoms with Crippen molar-refractivity contribution in [3.63, 3.8) is 0 Å². The monoisotopic (exact) mass is 578 g/mol. The molecule has 3 N–H and O–H groups in total. The van der Waals surface area contributed by atoms with Gasteiger partial charge in [-0.25, -0.2) is 24.8 Å². The summed E-state index contributed by atoms with van der Waals surface area (Å²) in [6.45, 7) is 6.14. The van der Waals surface area contributed by atoms with Gasteiger partial charge in [0.25, 0.3) is 5.91 Å². The maximum absolute atomic E-state index is 13.2. The molecule has 1 aromatic carbocycles. The SMILES string of the molecule is CCCN(OCCOC(F)(F)F)C(=O)C1=Cc2ccc(-c3cnc(CNC(=O)OC(C)(C)C)nc3)cc2N=C(N)C1. The second-order valence-corrected chi connectivity index (χ2v) is 10.0. The maximum atomic E-state index is 13.2. The highest BCUT2D eigenvalue weighted by Crippen LogP contribution is 2.32. The number of carbonyl (C=O) groups excluding carboxylic acids is 2. The van der Waals surface area contributed by atoms with E-state index in [1.807, 2.05) is 0 Å². The fourth-order valence-corrected chi connectivity index (χ4v) is 3.66. The Kier molecular flexibility index (Phi) is 10.4. The third-order valence-electron chi connectivity index (χ3n) is 5.35. The summed E-state index contributed by atoms with van der Waals surface area (Å²) < 4.78 is 45.6. The number of nitrogens with zero attached hydrogens (tertiary/aromatic N) is 4. The third kappa shape index (κ3) is 10.1. The van der Waals surface area contributed by atoms with Gasteiger partial charge in [0.05, 0.1) is 25.4 Å². The number of rotatable bonds is 10. The molecule has 2 amide bonds. The summed E-state index contributed by atoms with van der Waals surface area (Å²) in [4.78, 5) is 43.4. The summed E-state index contributed by atoms with van der Waals surface area (Å²) >= 11 is 0. The van der Waals surface area contributed by atoms with Crippen molar-refractivity contribution in [1.82, 2.24) is 20.3 Å². The van der Waals surface area contributed by atoms with E-state index in [1.165, 1.54) is 0 Å². The van der Waals surface area contributed by atoms with E-state index in [4.69, 9.17) is 15.3 Å². The number of aromatic nitrogens is 2. The van der Waals surface area contributed by atoms with Crippen LogP contribution in [0.5, 0.6) is 0 Å². The number of benzene rings is 1. The Morgan fingerprint density at radius 1 is 1.10 bits per heavy atom. The van der Waals surface area contributed by atoms with Gasteiger partial charge in [-0.3, -0.25) is 14.4 Å². The smallest absolute Gasteiger partial charge is 0.444 e. The summed E-state index contributed by atoms with van der Waals surface area (Å²) in [5.74, 6) is 0.0432. The molecule has 2 aromatic rings. The highest BCUT2D eigenvalue weighted by Gasteiger charge is 2.29. The first-order chi connectivity index (χ1) is 19.2. The first-order valence-corrected chi connectivity index (χ1v) is 12.9. The Labute approximate surface area is 235 Å². The van der Waals surface area contributed by atoms with Crippen molar-refractivity contribution in [3.05, 3.63) is 47.6 Å². The number of ether oxygens (including phenoxy) is 2. The molecule has 1 aliphatic rings. The Balaban J connectivity index is 1.72. The molecule has 14 heteroatoms. The Morgan fingerprint density at radius 2 is 1.80 bits per heavy atom. The van der Waals surface area contributed by atoms with Crippen LogP contribution < -0.4 is 11.1 Å². The average Bonchev–Trinajstić information content (AvgIpc) is 3.05. The van der Waals surface area contributed by atoms with Crippen LogP contribution in [0.25, 0.3) is 17.2 Å². The van der Waals surface area contributed by atoms with E-state index in [0.717, 1.165) is 10.6 Å². The van der Waals surface area contributed by atoms with Gasteiger partial charge < -0.3 is 15.8 Å². The molecular weight excluding hydrogens is 545 g/mol. The van der Waals surface area contributed by atoms with Gasteiger partial charge in [0.2, 0.25) is 0 Å². The third-order valence-corrected chi connectivity index (χ3v) is 5.35. The van der Waals surface area contributed by atoms with Crippen LogP contribution in [0.15, 0.2) is 41.2 Å². The number of aliphatic imine (C=N–C) groups is 1. The first-order valence-electron chi connectivity index (χ1n) is 12.9. The van der Waals surface area contributed by atoms with Crippen molar-refractivity contribution < 1.29 is 37.1 Å². The maximum Gasteiger partial charge on any atom is 0.522 e. The van der Waals surface area contributed by atoms with E-state index in [2.05, 4.69) is 25.0 Å². The lowest BCUT2D eigenvalue weighted by Gasteiger charge is -2.22. The Hall–Kier alpha value is -4.04. The molecule has 0 unspecified atom stereocenters. The van der Waals surface area contributed by atoms with Gasteiger partial charge in [0.15, 0.2) is 0 Å². The summed E-state index contributed by atoms with van der Waals surface area (Å²) in [5.41, 5.74) is 8.33. The number of hydroxylamine groups is 2. The lowest BCUT2D eigenvalue weighted by Crippen LogP contribution is -2.35. The number of nitrogens with two attached hydrogens (primary N) is 1. The van der Waals surface area contributed by atoms with Crippen LogP contribution in [0.4, 0.5) is 23.7 Å².